The Labute approximate surface area is 101 Å². The van der Waals surface area contributed by atoms with Gasteiger partial charge in [-0.25, -0.2) is 0 Å². The van der Waals surface area contributed by atoms with E-state index in [1.165, 1.54) is 18.9 Å². The second-order valence-electron chi connectivity index (χ2n) is 5.02. The lowest BCUT2D eigenvalue weighted by atomic mass is 9.77. The Kier molecular flexibility index (Phi) is 4.08. The van der Waals surface area contributed by atoms with Crippen LogP contribution < -0.4 is 0 Å². The maximum Gasteiger partial charge on any atom is 0.218 e. The van der Waals surface area contributed by atoms with Crippen LogP contribution in [0.1, 0.15) is 56.9 Å². The van der Waals surface area contributed by atoms with Crippen LogP contribution in [0.5, 0.6) is 0 Å². The van der Waals surface area contributed by atoms with Gasteiger partial charge in [-0.1, -0.05) is 19.8 Å². The predicted molar refractivity (Wildman–Crippen MR) is 63.8 cm³/mol. The van der Waals surface area contributed by atoms with Crippen molar-refractivity contribution in [2.75, 3.05) is 0 Å². The van der Waals surface area contributed by atoms with Gasteiger partial charge in [-0.15, -0.1) is 0 Å². The summed E-state index contributed by atoms with van der Waals surface area (Å²) in [4.78, 5) is 3.27. The molecule has 1 fully saturated rings. The van der Waals surface area contributed by atoms with Gasteiger partial charge in [-0.05, 0) is 49.7 Å². The van der Waals surface area contributed by atoms with Crippen molar-refractivity contribution in [1.82, 2.24) is 4.98 Å². The van der Waals surface area contributed by atoms with E-state index in [2.05, 4.69) is 11.9 Å². The molecule has 0 aromatic carbocycles. The highest BCUT2D eigenvalue weighted by atomic mass is 19.1. The first kappa shape index (κ1) is 12.5. The number of hydrogen-bond acceptors (Lipinski definition) is 1. The van der Waals surface area contributed by atoms with Crippen LogP contribution in [0.2, 0.25) is 0 Å². The first-order valence-corrected chi connectivity index (χ1v) is 6.52. The SMILES string of the molecule is CCCC1CCC(c2ccc(F)nc2F)CC1. The second-order valence-corrected chi connectivity index (χ2v) is 5.02. The number of rotatable bonds is 3. The van der Waals surface area contributed by atoms with E-state index in [-0.39, 0.29) is 5.92 Å². The van der Waals surface area contributed by atoms with Crippen molar-refractivity contribution in [3.8, 4) is 0 Å². The van der Waals surface area contributed by atoms with E-state index in [0.29, 0.717) is 5.56 Å². The van der Waals surface area contributed by atoms with Crippen LogP contribution in [0.4, 0.5) is 8.78 Å². The van der Waals surface area contributed by atoms with Crippen LogP contribution in [0.15, 0.2) is 12.1 Å². The zero-order valence-electron chi connectivity index (χ0n) is 10.3. The van der Waals surface area contributed by atoms with E-state index in [1.807, 2.05) is 0 Å². The molecule has 0 unspecified atom stereocenters. The zero-order chi connectivity index (χ0) is 12.3. The molecule has 0 aliphatic heterocycles. The number of halogens is 2. The summed E-state index contributed by atoms with van der Waals surface area (Å²) in [5, 5.41) is 0. The van der Waals surface area contributed by atoms with Crippen molar-refractivity contribution >= 4 is 0 Å². The van der Waals surface area contributed by atoms with Gasteiger partial charge in [0.15, 0.2) is 0 Å². The van der Waals surface area contributed by atoms with E-state index in [1.54, 1.807) is 6.07 Å². The van der Waals surface area contributed by atoms with Crippen molar-refractivity contribution in [2.24, 2.45) is 5.92 Å². The molecule has 1 heterocycles. The van der Waals surface area contributed by atoms with Gasteiger partial charge in [0.1, 0.15) is 0 Å². The standard InChI is InChI=1S/C14H19F2N/c1-2-3-10-4-6-11(7-5-10)12-8-9-13(15)17-14(12)16/h8-11H,2-7H2,1H3. The summed E-state index contributed by atoms with van der Waals surface area (Å²) in [5.74, 6) is -0.321. The van der Waals surface area contributed by atoms with E-state index < -0.39 is 11.9 Å². The monoisotopic (exact) mass is 239 g/mol. The van der Waals surface area contributed by atoms with E-state index in [0.717, 1.165) is 31.6 Å². The van der Waals surface area contributed by atoms with Crippen molar-refractivity contribution in [1.29, 1.82) is 0 Å². The van der Waals surface area contributed by atoms with Crippen molar-refractivity contribution in [3.63, 3.8) is 0 Å². The normalized spacial score (nSPS) is 24.9. The van der Waals surface area contributed by atoms with Crippen LogP contribution >= 0.6 is 0 Å². The van der Waals surface area contributed by atoms with E-state index in [9.17, 15) is 8.78 Å². The third-order valence-electron chi connectivity index (χ3n) is 3.83. The molecule has 1 nitrogen and oxygen atoms in total. The Bertz CT molecular complexity index is 370. The van der Waals surface area contributed by atoms with Crippen LogP contribution in [0.25, 0.3) is 0 Å². The molecule has 0 saturated heterocycles. The highest BCUT2D eigenvalue weighted by molar-refractivity contribution is 5.17. The lowest BCUT2D eigenvalue weighted by molar-refractivity contribution is 0.302. The van der Waals surface area contributed by atoms with Gasteiger partial charge in [-0.3, -0.25) is 0 Å². The van der Waals surface area contributed by atoms with Crippen LogP contribution in [0, 0.1) is 17.8 Å². The highest BCUT2D eigenvalue weighted by Crippen LogP contribution is 2.37. The smallest absolute Gasteiger partial charge is 0.190 e. The quantitative estimate of drug-likeness (QED) is 0.711. The van der Waals surface area contributed by atoms with Crippen molar-refractivity contribution in [2.45, 2.75) is 51.4 Å². The maximum absolute atomic E-state index is 13.5. The third kappa shape index (κ3) is 3.02. The maximum atomic E-state index is 13.5. The van der Waals surface area contributed by atoms with Crippen LogP contribution in [-0.4, -0.2) is 4.98 Å². The molecule has 1 saturated carbocycles. The summed E-state index contributed by atoms with van der Waals surface area (Å²) < 4.78 is 26.3. The topological polar surface area (TPSA) is 12.9 Å². The Morgan fingerprint density at radius 2 is 1.88 bits per heavy atom. The molecule has 0 amide bonds. The van der Waals surface area contributed by atoms with Gasteiger partial charge >= 0.3 is 0 Å². The molecule has 0 N–H and O–H groups in total. The summed E-state index contributed by atoms with van der Waals surface area (Å²) >= 11 is 0. The average Bonchev–Trinajstić information content (AvgIpc) is 2.31. The summed E-state index contributed by atoms with van der Waals surface area (Å²) in [5.41, 5.74) is 0.598. The Balaban J connectivity index is 2.00. The van der Waals surface area contributed by atoms with Gasteiger partial charge in [-0.2, -0.15) is 13.8 Å². The minimum absolute atomic E-state index is 0.233. The fourth-order valence-electron chi connectivity index (χ4n) is 2.90. The number of aromatic nitrogens is 1. The minimum Gasteiger partial charge on any atom is -0.190 e. The summed E-state index contributed by atoms with van der Waals surface area (Å²) in [6.45, 7) is 2.20. The van der Waals surface area contributed by atoms with Gasteiger partial charge in [0.05, 0.1) is 0 Å². The van der Waals surface area contributed by atoms with Gasteiger partial charge < -0.3 is 0 Å². The third-order valence-corrected chi connectivity index (χ3v) is 3.83. The Morgan fingerprint density at radius 1 is 1.18 bits per heavy atom. The molecule has 1 aliphatic carbocycles. The van der Waals surface area contributed by atoms with Crippen LogP contribution in [0.3, 0.4) is 0 Å². The second kappa shape index (κ2) is 5.56. The fraction of sp³-hybridized carbons (Fsp3) is 0.643. The molecule has 1 aromatic rings. The summed E-state index contributed by atoms with van der Waals surface area (Å²) in [6.07, 6.45) is 6.84. The van der Waals surface area contributed by atoms with E-state index in [4.69, 9.17) is 0 Å². The molecule has 1 aromatic heterocycles. The molecular formula is C14H19F2N. The van der Waals surface area contributed by atoms with Gasteiger partial charge in [0.2, 0.25) is 11.9 Å². The Morgan fingerprint density at radius 3 is 2.47 bits per heavy atom. The van der Waals surface area contributed by atoms with Gasteiger partial charge in [0, 0.05) is 5.56 Å². The Hall–Kier alpha value is -0.990. The summed E-state index contributed by atoms with van der Waals surface area (Å²) in [6, 6.07) is 2.82. The summed E-state index contributed by atoms with van der Waals surface area (Å²) in [7, 11) is 0. The molecule has 2 rings (SSSR count). The molecule has 0 radical (unpaired) electrons. The molecule has 1 aliphatic rings. The molecule has 3 heteroatoms. The fourth-order valence-corrected chi connectivity index (χ4v) is 2.90. The average molecular weight is 239 g/mol. The van der Waals surface area contributed by atoms with Gasteiger partial charge in [0.25, 0.3) is 0 Å². The zero-order valence-corrected chi connectivity index (χ0v) is 10.3. The lowest BCUT2D eigenvalue weighted by Gasteiger charge is -2.28. The predicted octanol–water partition coefficient (Wildman–Crippen LogP) is 4.43. The van der Waals surface area contributed by atoms with E-state index >= 15 is 0 Å². The molecule has 17 heavy (non-hydrogen) atoms. The first-order chi connectivity index (χ1) is 8.20. The lowest BCUT2D eigenvalue weighted by Crippen LogP contribution is -2.14. The molecular weight excluding hydrogens is 220 g/mol. The molecule has 94 valence electrons. The number of nitrogens with zero attached hydrogens (tertiary/aromatic N) is 1. The largest absolute Gasteiger partial charge is 0.218 e. The highest BCUT2D eigenvalue weighted by Gasteiger charge is 2.24. The van der Waals surface area contributed by atoms with Crippen LogP contribution in [-0.2, 0) is 0 Å². The molecule has 0 bridgehead atoms. The van der Waals surface area contributed by atoms with Crippen molar-refractivity contribution in [3.05, 3.63) is 29.6 Å². The molecule has 0 atom stereocenters. The van der Waals surface area contributed by atoms with Crippen molar-refractivity contribution < 1.29 is 8.78 Å². The first-order valence-electron chi connectivity index (χ1n) is 6.52. The number of pyridine rings is 1. The number of hydrogen-bond donors (Lipinski definition) is 0. The molecule has 0 spiro atoms. The minimum atomic E-state index is -0.731.